The average Bonchev–Trinajstić information content (AvgIpc) is 3.03. The minimum Gasteiger partial charge on any atom is -0.493 e. The maximum Gasteiger partial charge on any atom is 0.122 e. The highest BCUT2D eigenvalue weighted by Gasteiger charge is 2.26. The van der Waals surface area contributed by atoms with E-state index in [1.54, 1.807) is 0 Å². The SMILES string of the molecule is OCCn1ncc2c1CN(C[C@@H]1CCOc3ccccc3C1)C2. The molecule has 2 aliphatic heterocycles. The number of benzene rings is 1. The van der Waals surface area contributed by atoms with E-state index in [4.69, 9.17) is 9.84 Å². The van der Waals surface area contributed by atoms with E-state index in [2.05, 4.69) is 28.2 Å². The fourth-order valence-corrected chi connectivity index (χ4v) is 3.77. The van der Waals surface area contributed by atoms with Crippen LogP contribution < -0.4 is 4.74 Å². The van der Waals surface area contributed by atoms with E-state index >= 15 is 0 Å². The third kappa shape index (κ3) is 2.99. The Labute approximate surface area is 136 Å². The maximum absolute atomic E-state index is 9.13. The van der Waals surface area contributed by atoms with Crippen molar-refractivity contribution in [3.63, 3.8) is 0 Å². The van der Waals surface area contributed by atoms with Gasteiger partial charge in [-0.25, -0.2) is 0 Å². The van der Waals surface area contributed by atoms with Gasteiger partial charge in [-0.05, 0) is 30.4 Å². The van der Waals surface area contributed by atoms with Gasteiger partial charge < -0.3 is 9.84 Å². The lowest BCUT2D eigenvalue weighted by Crippen LogP contribution is -2.27. The molecule has 0 amide bonds. The van der Waals surface area contributed by atoms with Gasteiger partial charge >= 0.3 is 0 Å². The van der Waals surface area contributed by atoms with Gasteiger partial charge in [-0.1, -0.05) is 18.2 Å². The first kappa shape index (κ1) is 14.7. The topological polar surface area (TPSA) is 50.5 Å². The molecule has 2 aromatic rings. The van der Waals surface area contributed by atoms with E-state index in [-0.39, 0.29) is 6.61 Å². The maximum atomic E-state index is 9.13. The number of nitrogens with zero attached hydrogens (tertiary/aromatic N) is 3. The first-order valence-electron chi connectivity index (χ1n) is 8.41. The summed E-state index contributed by atoms with van der Waals surface area (Å²) >= 11 is 0. The molecule has 0 bridgehead atoms. The molecule has 0 aliphatic carbocycles. The van der Waals surface area contributed by atoms with Gasteiger partial charge in [0.15, 0.2) is 0 Å². The highest BCUT2D eigenvalue weighted by atomic mass is 16.5. The lowest BCUT2D eigenvalue weighted by atomic mass is 9.96. The molecule has 4 rings (SSSR count). The molecule has 23 heavy (non-hydrogen) atoms. The van der Waals surface area contributed by atoms with Crippen molar-refractivity contribution < 1.29 is 9.84 Å². The van der Waals surface area contributed by atoms with Crippen LogP contribution in [0.2, 0.25) is 0 Å². The van der Waals surface area contributed by atoms with E-state index in [1.165, 1.54) is 16.8 Å². The van der Waals surface area contributed by atoms with Crippen LogP contribution in [0.15, 0.2) is 30.5 Å². The Bertz CT molecular complexity index is 683. The monoisotopic (exact) mass is 313 g/mol. The molecule has 5 nitrogen and oxygen atoms in total. The van der Waals surface area contributed by atoms with Gasteiger partial charge in [0.25, 0.3) is 0 Å². The van der Waals surface area contributed by atoms with Gasteiger partial charge in [0.1, 0.15) is 5.75 Å². The third-order valence-electron chi connectivity index (χ3n) is 4.90. The number of hydrogen-bond acceptors (Lipinski definition) is 4. The number of aliphatic hydroxyl groups is 1. The van der Waals surface area contributed by atoms with Crippen LogP contribution in [0.5, 0.6) is 5.75 Å². The standard InChI is InChI=1S/C18H23N3O2/c22-7-6-21-17-13-20(12-16(17)10-19-21)11-14-5-8-23-18-4-2-1-3-15(18)9-14/h1-4,10,14,22H,5-9,11-13H2/t14-/m1/s1. The van der Waals surface area contributed by atoms with Crippen molar-refractivity contribution in [3.8, 4) is 5.75 Å². The predicted molar refractivity (Wildman–Crippen MR) is 87.2 cm³/mol. The largest absolute Gasteiger partial charge is 0.493 e. The van der Waals surface area contributed by atoms with E-state index in [1.807, 2.05) is 16.9 Å². The van der Waals surface area contributed by atoms with Crippen LogP contribution in [0.3, 0.4) is 0 Å². The number of hydrogen-bond donors (Lipinski definition) is 1. The van der Waals surface area contributed by atoms with Crippen LogP contribution in [0.4, 0.5) is 0 Å². The van der Waals surface area contributed by atoms with Gasteiger partial charge in [0.05, 0.1) is 31.6 Å². The second kappa shape index (κ2) is 6.34. The van der Waals surface area contributed by atoms with Gasteiger partial charge in [0.2, 0.25) is 0 Å². The van der Waals surface area contributed by atoms with Crippen molar-refractivity contribution in [1.82, 2.24) is 14.7 Å². The number of aliphatic hydroxyl groups excluding tert-OH is 1. The summed E-state index contributed by atoms with van der Waals surface area (Å²) in [5.41, 5.74) is 3.91. The molecule has 1 N–H and O–H groups in total. The zero-order chi connectivity index (χ0) is 15.6. The molecule has 0 saturated heterocycles. The summed E-state index contributed by atoms with van der Waals surface area (Å²) in [5, 5.41) is 13.5. The van der Waals surface area contributed by atoms with Crippen molar-refractivity contribution in [2.45, 2.75) is 32.5 Å². The molecular weight excluding hydrogens is 290 g/mol. The number of rotatable bonds is 4. The molecule has 122 valence electrons. The molecule has 1 aromatic heterocycles. The van der Waals surface area contributed by atoms with Crippen molar-refractivity contribution in [2.75, 3.05) is 19.8 Å². The normalized spacial score (nSPS) is 20.7. The van der Waals surface area contributed by atoms with Gasteiger partial charge in [-0.15, -0.1) is 0 Å². The molecule has 0 spiro atoms. The van der Waals surface area contributed by atoms with Crippen molar-refractivity contribution in [2.24, 2.45) is 5.92 Å². The van der Waals surface area contributed by atoms with E-state index < -0.39 is 0 Å². The molecular formula is C18H23N3O2. The van der Waals surface area contributed by atoms with Gasteiger partial charge in [0, 0.05) is 25.2 Å². The molecule has 3 heterocycles. The zero-order valence-corrected chi connectivity index (χ0v) is 13.3. The lowest BCUT2D eigenvalue weighted by Gasteiger charge is -2.22. The molecule has 5 heteroatoms. The highest BCUT2D eigenvalue weighted by Crippen LogP contribution is 2.29. The van der Waals surface area contributed by atoms with Crippen molar-refractivity contribution in [1.29, 1.82) is 0 Å². The Kier molecular flexibility index (Phi) is 4.06. The molecule has 1 atom stereocenters. The fourth-order valence-electron chi connectivity index (χ4n) is 3.77. The van der Waals surface area contributed by atoms with E-state index in [9.17, 15) is 0 Å². The summed E-state index contributed by atoms with van der Waals surface area (Å²) in [6, 6.07) is 8.40. The smallest absolute Gasteiger partial charge is 0.122 e. The Morgan fingerprint density at radius 2 is 2.13 bits per heavy atom. The summed E-state index contributed by atoms with van der Waals surface area (Å²) in [5.74, 6) is 1.68. The Morgan fingerprint density at radius 3 is 3.04 bits per heavy atom. The third-order valence-corrected chi connectivity index (χ3v) is 4.90. The molecule has 1 aromatic carbocycles. The van der Waals surface area contributed by atoms with Crippen LogP contribution in [0, 0.1) is 5.92 Å². The van der Waals surface area contributed by atoms with E-state index in [0.29, 0.717) is 12.5 Å². The molecule has 0 radical (unpaired) electrons. The minimum absolute atomic E-state index is 0.144. The van der Waals surface area contributed by atoms with E-state index in [0.717, 1.165) is 44.8 Å². The number of aromatic nitrogens is 2. The Hall–Kier alpha value is -1.85. The van der Waals surface area contributed by atoms with Crippen LogP contribution in [-0.4, -0.2) is 39.5 Å². The quantitative estimate of drug-likeness (QED) is 0.936. The number of ether oxygens (including phenoxy) is 1. The predicted octanol–water partition coefficient (Wildman–Crippen LogP) is 1.83. The zero-order valence-electron chi connectivity index (χ0n) is 13.3. The second-order valence-electron chi connectivity index (χ2n) is 6.55. The summed E-state index contributed by atoms with van der Waals surface area (Å²) in [6.07, 6.45) is 4.15. The number of fused-ring (bicyclic) bond motifs is 2. The van der Waals surface area contributed by atoms with Crippen molar-refractivity contribution >= 4 is 0 Å². The van der Waals surface area contributed by atoms with Crippen LogP contribution in [-0.2, 0) is 26.1 Å². The van der Waals surface area contributed by atoms with Crippen LogP contribution in [0.1, 0.15) is 23.2 Å². The second-order valence-corrected chi connectivity index (χ2v) is 6.55. The molecule has 0 unspecified atom stereocenters. The average molecular weight is 313 g/mol. The Balaban J connectivity index is 1.42. The summed E-state index contributed by atoms with van der Waals surface area (Å²) in [7, 11) is 0. The lowest BCUT2D eigenvalue weighted by molar-refractivity contribution is 0.206. The molecule has 2 aliphatic rings. The fraction of sp³-hybridized carbons (Fsp3) is 0.500. The summed E-state index contributed by atoms with van der Waals surface area (Å²) in [6.45, 7) is 4.54. The number of para-hydroxylation sites is 1. The highest BCUT2D eigenvalue weighted by molar-refractivity contribution is 5.34. The summed E-state index contributed by atoms with van der Waals surface area (Å²) in [4.78, 5) is 2.50. The Morgan fingerprint density at radius 1 is 1.22 bits per heavy atom. The minimum atomic E-state index is 0.144. The van der Waals surface area contributed by atoms with Crippen LogP contribution >= 0.6 is 0 Å². The van der Waals surface area contributed by atoms with Crippen molar-refractivity contribution in [3.05, 3.63) is 47.3 Å². The van der Waals surface area contributed by atoms with Gasteiger partial charge in [-0.2, -0.15) is 5.10 Å². The molecule has 0 saturated carbocycles. The first-order valence-corrected chi connectivity index (χ1v) is 8.41. The first-order chi connectivity index (χ1) is 11.3. The van der Waals surface area contributed by atoms with Crippen LogP contribution in [0.25, 0.3) is 0 Å². The molecule has 0 fully saturated rings. The summed E-state index contributed by atoms with van der Waals surface area (Å²) < 4.78 is 7.83. The van der Waals surface area contributed by atoms with Gasteiger partial charge in [-0.3, -0.25) is 9.58 Å².